The van der Waals surface area contributed by atoms with Gasteiger partial charge in [0, 0.05) is 49.2 Å². The molecule has 3 aromatic rings. The largest absolute Gasteiger partial charge is 0.359 e. The fourth-order valence-corrected chi connectivity index (χ4v) is 4.15. The summed E-state index contributed by atoms with van der Waals surface area (Å²) in [6.07, 6.45) is 4.40. The van der Waals surface area contributed by atoms with Crippen molar-refractivity contribution >= 4 is 35.1 Å². The molecule has 1 heterocycles. The Morgan fingerprint density at radius 3 is 2.22 bits per heavy atom. The first-order valence-electron chi connectivity index (χ1n) is 12.0. The minimum atomic E-state index is -0.228. The van der Waals surface area contributed by atoms with Gasteiger partial charge in [0.25, 0.3) is 11.8 Å². The molecule has 0 atom stereocenters. The summed E-state index contributed by atoms with van der Waals surface area (Å²) in [5.41, 5.74) is 6.04. The Hall–Kier alpha value is -4.23. The van der Waals surface area contributed by atoms with Crippen LogP contribution in [0.25, 0.3) is 5.57 Å². The van der Waals surface area contributed by atoms with E-state index in [4.69, 9.17) is 5.41 Å². The number of nitrogens with one attached hydrogen (secondary N) is 3. The second kappa shape index (κ2) is 11.5. The van der Waals surface area contributed by atoms with Gasteiger partial charge in [-0.1, -0.05) is 30.3 Å². The van der Waals surface area contributed by atoms with Crippen molar-refractivity contribution in [3.63, 3.8) is 0 Å². The minimum Gasteiger partial charge on any atom is -0.359 e. The lowest BCUT2D eigenvalue weighted by molar-refractivity contribution is 0.0989. The molecule has 4 rings (SSSR count). The topological polar surface area (TPSA) is 88.5 Å². The highest BCUT2D eigenvalue weighted by Gasteiger charge is 2.15. The maximum atomic E-state index is 12.9. The summed E-state index contributed by atoms with van der Waals surface area (Å²) in [6.45, 7) is 2.36. The fraction of sp³-hybridized carbons (Fsp3) is 0.207. The molecule has 0 saturated carbocycles. The molecule has 0 radical (unpaired) electrons. The number of carbonyl (C=O) groups excluding carboxylic acids is 2. The molecule has 0 aromatic heterocycles. The summed E-state index contributed by atoms with van der Waals surface area (Å²) in [6, 6.07) is 22.3. The average molecular weight is 482 g/mol. The van der Waals surface area contributed by atoms with Crippen molar-refractivity contribution in [3.8, 4) is 0 Å². The molecule has 0 aliphatic carbocycles. The van der Waals surface area contributed by atoms with Crippen LogP contribution in [0.1, 0.15) is 38.3 Å². The first kappa shape index (κ1) is 24.9. The van der Waals surface area contributed by atoms with E-state index in [0.717, 1.165) is 42.9 Å². The highest BCUT2D eigenvalue weighted by atomic mass is 16.2. The van der Waals surface area contributed by atoms with Crippen molar-refractivity contribution in [2.45, 2.75) is 13.0 Å². The van der Waals surface area contributed by atoms with Crippen LogP contribution >= 0.6 is 0 Å². The van der Waals surface area contributed by atoms with Crippen LogP contribution in [0.3, 0.4) is 0 Å². The van der Waals surface area contributed by atoms with E-state index in [-0.39, 0.29) is 11.8 Å². The minimum absolute atomic E-state index is 0.139. The molecule has 0 spiro atoms. The van der Waals surface area contributed by atoms with E-state index >= 15 is 0 Å². The van der Waals surface area contributed by atoms with E-state index in [1.807, 2.05) is 60.5 Å². The lowest BCUT2D eigenvalue weighted by Crippen LogP contribution is -2.26. The zero-order chi connectivity index (χ0) is 25.5. The molecule has 3 aromatic carbocycles. The van der Waals surface area contributed by atoms with E-state index in [0.29, 0.717) is 16.8 Å². The van der Waals surface area contributed by atoms with Crippen LogP contribution in [0.2, 0.25) is 0 Å². The molecule has 184 valence electrons. The van der Waals surface area contributed by atoms with Crippen molar-refractivity contribution in [2.24, 2.45) is 0 Å². The Balaban J connectivity index is 1.36. The molecule has 7 heteroatoms. The van der Waals surface area contributed by atoms with Gasteiger partial charge in [0.2, 0.25) is 0 Å². The van der Waals surface area contributed by atoms with E-state index < -0.39 is 0 Å². The van der Waals surface area contributed by atoms with Crippen LogP contribution in [0.5, 0.6) is 0 Å². The van der Waals surface area contributed by atoms with Crippen LogP contribution in [0.4, 0.5) is 11.4 Å². The third-order valence-corrected chi connectivity index (χ3v) is 6.34. The van der Waals surface area contributed by atoms with E-state index in [2.05, 4.69) is 16.7 Å². The lowest BCUT2D eigenvalue weighted by Gasteiger charge is -2.23. The summed E-state index contributed by atoms with van der Waals surface area (Å²) in [7, 11) is 3.64. The summed E-state index contributed by atoms with van der Waals surface area (Å²) in [5.74, 6) is -0.367. The molecule has 1 aliphatic rings. The van der Waals surface area contributed by atoms with Gasteiger partial charge < -0.3 is 20.4 Å². The second-order valence-electron chi connectivity index (χ2n) is 8.77. The quantitative estimate of drug-likeness (QED) is 0.323. The Morgan fingerprint density at radius 2 is 1.64 bits per heavy atom. The number of anilines is 2. The molecule has 2 amide bonds. The first-order chi connectivity index (χ1) is 17.5. The van der Waals surface area contributed by atoms with Crippen LogP contribution in [-0.4, -0.2) is 50.2 Å². The van der Waals surface area contributed by atoms with Gasteiger partial charge in [-0.25, -0.2) is 0 Å². The van der Waals surface area contributed by atoms with Gasteiger partial charge in [0.1, 0.15) is 0 Å². The van der Waals surface area contributed by atoms with E-state index in [1.54, 1.807) is 36.2 Å². The third-order valence-electron chi connectivity index (χ3n) is 6.34. The van der Waals surface area contributed by atoms with Crippen molar-refractivity contribution < 1.29 is 9.59 Å². The van der Waals surface area contributed by atoms with Gasteiger partial charge >= 0.3 is 0 Å². The number of hydrogen-bond donors (Lipinski definition) is 3. The average Bonchev–Trinajstić information content (AvgIpc) is 2.93. The fourth-order valence-electron chi connectivity index (χ4n) is 4.15. The first-order valence-corrected chi connectivity index (χ1v) is 12.0. The molecule has 0 fully saturated rings. The normalized spacial score (nSPS) is 13.1. The van der Waals surface area contributed by atoms with Gasteiger partial charge in [-0.2, -0.15) is 0 Å². The third kappa shape index (κ3) is 5.87. The van der Waals surface area contributed by atoms with Crippen LogP contribution in [-0.2, 0) is 6.54 Å². The van der Waals surface area contributed by atoms with Gasteiger partial charge in [-0.3, -0.25) is 15.0 Å². The SMILES string of the molecule is CNCc1ccc(N(C)C(=O)c2ccc(C(=O)Nc3ccc(C4=CCN(C=N)CC4)cc3)cc2)cc1. The Labute approximate surface area is 211 Å². The highest BCUT2D eigenvalue weighted by Crippen LogP contribution is 2.24. The van der Waals surface area contributed by atoms with Crippen molar-refractivity contribution in [3.05, 3.63) is 101 Å². The van der Waals surface area contributed by atoms with Crippen LogP contribution < -0.4 is 15.5 Å². The van der Waals surface area contributed by atoms with Gasteiger partial charge in [0.15, 0.2) is 0 Å². The number of rotatable bonds is 8. The maximum Gasteiger partial charge on any atom is 0.258 e. The van der Waals surface area contributed by atoms with Crippen LogP contribution in [0.15, 0.2) is 78.9 Å². The van der Waals surface area contributed by atoms with Gasteiger partial charge in [0.05, 0.1) is 6.34 Å². The van der Waals surface area contributed by atoms with Crippen molar-refractivity contribution in [1.82, 2.24) is 10.2 Å². The van der Waals surface area contributed by atoms with E-state index in [1.165, 1.54) is 11.9 Å². The monoisotopic (exact) mass is 481 g/mol. The highest BCUT2D eigenvalue weighted by molar-refractivity contribution is 6.08. The molecule has 0 saturated heterocycles. The summed E-state index contributed by atoms with van der Waals surface area (Å²) >= 11 is 0. The molecule has 36 heavy (non-hydrogen) atoms. The smallest absolute Gasteiger partial charge is 0.258 e. The predicted molar refractivity (Wildman–Crippen MR) is 146 cm³/mol. The van der Waals surface area contributed by atoms with E-state index in [9.17, 15) is 9.59 Å². The molecule has 0 bridgehead atoms. The Bertz CT molecular complexity index is 1250. The predicted octanol–water partition coefficient (Wildman–Crippen LogP) is 4.63. The summed E-state index contributed by atoms with van der Waals surface area (Å²) in [5, 5.41) is 13.4. The summed E-state index contributed by atoms with van der Waals surface area (Å²) in [4.78, 5) is 29.2. The molecule has 7 nitrogen and oxygen atoms in total. The van der Waals surface area contributed by atoms with Gasteiger partial charge in [-0.05, 0) is 78.7 Å². The Morgan fingerprint density at radius 1 is 0.972 bits per heavy atom. The Kier molecular flexibility index (Phi) is 7.92. The van der Waals surface area contributed by atoms with Crippen LogP contribution in [0, 0.1) is 5.41 Å². The van der Waals surface area contributed by atoms with Gasteiger partial charge in [-0.15, -0.1) is 0 Å². The van der Waals surface area contributed by atoms with Crippen molar-refractivity contribution in [2.75, 3.05) is 37.4 Å². The molecule has 3 N–H and O–H groups in total. The number of nitrogens with zero attached hydrogens (tertiary/aromatic N) is 2. The summed E-state index contributed by atoms with van der Waals surface area (Å²) < 4.78 is 0. The zero-order valence-electron chi connectivity index (χ0n) is 20.6. The number of amides is 2. The molecule has 1 aliphatic heterocycles. The number of benzene rings is 3. The standard InChI is InChI=1S/C29H31N5O2/c1-31-19-21-3-13-27(14-4-21)33(2)29(36)25-7-5-24(6-8-25)28(35)32-26-11-9-22(10-12-26)23-15-17-34(20-30)18-16-23/h3-15,20,30-31H,16-19H2,1-2H3,(H,32,35). The number of carbonyl (C=O) groups is 2. The van der Waals surface area contributed by atoms with Crippen molar-refractivity contribution in [1.29, 1.82) is 5.41 Å². The second-order valence-corrected chi connectivity index (χ2v) is 8.77. The lowest BCUT2D eigenvalue weighted by atomic mass is 9.99. The molecular formula is C29H31N5O2. The number of hydrogen-bond acceptors (Lipinski definition) is 4. The maximum absolute atomic E-state index is 12.9. The zero-order valence-corrected chi connectivity index (χ0v) is 20.6. The molecule has 0 unspecified atom stereocenters. The molecular weight excluding hydrogens is 450 g/mol.